The molecular weight excluding hydrogens is 154 g/mol. The standard InChI is InChI=1S/C9H11NO2/c1-3-8(11)7-5-4-6-9(10-7)12-2/h4-6H,3H2,1-2H3. The lowest BCUT2D eigenvalue weighted by Gasteiger charge is -2.00. The maximum atomic E-state index is 11.2. The summed E-state index contributed by atoms with van der Waals surface area (Å²) in [6, 6.07) is 5.16. The van der Waals surface area contributed by atoms with Crippen molar-refractivity contribution in [1.29, 1.82) is 0 Å². The summed E-state index contributed by atoms with van der Waals surface area (Å²) in [6.45, 7) is 1.81. The lowest BCUT2D eigenvalue weighted by molar-refractivity contribution is 0.0982. The minimum absolute atomic E-state index is 0.0360. The lowest BCUT2D eigenvalue weighted by atomic mass is 10.2. The van der Waals surface area contributed by atoms with Crippen LogP contribution in [0, 0.1) is 0 Å². The molecule has 0 atom stereocenters. The highest BCUT2D eigenvalue weighted by molar-refractivity contribution is 5.94. The van der Waals surface area contributed by atoms with E-state index in [-0.39, 0.29) is 5.78 Å². The summed E-state index contributed by atoms with van der Waals surface area (Å²) < 4.78 is 4.89. The molecule has 1 rings (SSSR count). The maximum absolute atomic E-state index is 11.2. The Morgan fingerprint density at radius 2 is 2.33 bits per heavy atom. The lowest BCUT2D eigenvalue weighted by Crippen LogP contribution is -2.00. The van der Waals surface area contributed by atoms with Crippen LogP contribution < -0.4 is 4.74 Å². The van der Waals surface area contributed by atoms with Crippen LogP contribution in [0.4, 0.5) is 0 Å². The molecule has 0 bridgehead atoms. The molecule has 0 aliphatic heterocycles. The minimum Gasteiger partial charge on any atom is -0.481 e. The number of hydrogen-bond donors (Lipinski definition) is 0. The number of nitrogens with zero attached hydrogens (tertiary/aromatic N) is 1. The van der Waals surface area contributed by atoms with E-state index in [0.717, 1.165) is 0 Å². The molecule has 0 saturated heterocycles. The molecule has 0 aliphatic rings. The SMILES string of the molecule is CCC(=O)c1cccc(OC)n1. The molecule has 64 valence electrons. The molecule has 0 amide bonds. The van der Waals surface area contributed by atoms with E-state index < -0.39 is 0 Å². The number of Topliss-reactive ketones (excluding diaryl/α,β-unsaturated/α-hetero) is 1. The van der Waals surface area contributed by atoms with Gasteiger partial charge in [-0.2, -0.15) is 0 Å². The van der Waals surface area contributed by atoms with Crippen molar-refractivity contribution in [3.8, 4) is 5.88 Å². The van der Waals surface area contributed by atoms with Gasteiger partial charge >= 0.3 is 0 Å². The van der Waals surface area contributed by atoms with Crippen LogP contribution in [-0.4, -0.2) is 17.9 Å². The summed E-state index contributed by atoms with van der Waals surface area (Å²) >= 11 is 0. The third-order valence-corrected chi connectivity index (χ3v) is 1.54. The first kappa shape index (κ1) is 8.71. The number of ketones is 1. The highest BCUT2D eigenvalue weighted by atomic mass is 16.5. The second kappa shape index (κ2) is 3.85. The van der Waals surface area contributed by atoms with Crippen LogP contribution >= 0.6 is 0 Å². The molecule has 1 aromatic rings. The summed E-state index contributed by atoms with van der Waals surface area (Å²) in [7, 11) is 1.53. The Kier molecular flexibility index (Phi) is 2.80. The summed E-state index contributed by atoms with van der Waals surface area (Å²) in [5.74, 6) is 0.517. The van der Waals surface area contributed by atoms with Crippen LogP contribution in [0.5, 0.6) is 5.88 Å². The van der Waals surface area contributed by atoms with Gasteiger partial charge in [0.15, 0.2) is 5.78 Å². The van der Waals surface area contributed by atoms with Gasteiger partial charge < -0.3 is 4.74 Å². The van der Waals surface area contributed by atoms with Gasteiger partial charge in [0.25, 0.3) is 0 Å². The summed E-state index contributed by atoms with van der Waals surface area (Å²) in [5.41, 5.74) is 0.469. The summed E-state index contributed by atoms with van der Waals surface area (Å²) in [6.07, 6.45) is 0.472. The zero-order chi connectivity index (χ0) is 8.97. The van der Waals surface area contributed by atoms with Crippen molar-refractivity contribution in [2.75, 3.05) is 7.11 Å². The Hall–Kier alpha value is -1.38. The molecule has 0 aromatic carbocycles. The molecule has 0 fully saturated rings. The smallest absolute Gasteiger partial charge is 0.213 e. The van der Waals surface area contributed by atoms with Crippen LogP contribution in [0.2, 0.25) is 0 Å². The monoisotopic (exact) mass is 165 g/mol. The van der Waals surface area contributed by atoms with E-state index >= 15 is 0 Å². The number of ether oxygens (including phenoxy) is 1. The first-order valence-electron chi connectivity index (χ1n) is 3.82. The highest BCUT2D eigenvalue weighted by Crippen LogP contribution is 2.07. The summed E-state index contributed by atoms with van der Waals surface area (Å²) in [5, 5.41) is 0. The van der Waals surface area contributed by atoms with E-state index in [1.54, 1.807) is 18.2 Å². The fraction of sp³-hybridized carbons (Fsp3) is 0.333. The molecule has 0 saturated carbocycles. The maximum Gasteiger partial charge on any atom is 0.213 e. The Bertz CT molecular complexity index is 284. The summed E-state index contributed by atoms with van der Waals surface area (Å²) in [4.78, 5) is 15.2. The van der Waals surface area contributed by atoms with Gasteiger partial charge in [0.2, 0.25) is 5.88 Å². The third-order valence-electron chi connectivity index (χ3n) is 1.54. The minimum atomic E-state index is 0.0360. The van der Waals surface area contributed by atoms with Gasteiger partial charge in [-0.1, -0.05) is 13.0 Å². The van der Waals surface area contributed by atoms with E-state index in [9.17, 15) is 4.79 Å². The first-order chi connectivity index (χ1) is 5.77. The Morgan fingerprint density at radius 3 is 2.92 bits per heavy atom. The van der Waals surface area contributed by atoms with E-state index in [1.165, 1.54) is 7.11 Å². The number of rotatable bonds is 3. The van der Waals surface area contributed by atoms with Gasteiger partial charge in [-0.15, -0.1) is 0 Å². The number of aromatic nitrogens is 1. The average Bonchev–Trinajstić information content (AvgIpc) is 2.17. The largest absolute Gasteiger partial charge is 0.481 e. The van der Waals surface area contributed by atoms with Crippen LogP contribution in [-0.2, 0) is 0 Å². The van der Waals surface area contributed by atoms with E-state index in [2.05, 4.69) is 4.98 Å². The second-order valence-electron chi connectivity index (χ2n) is 2.34. The number of methoxy groups -OCH3 is 1. The van der Waals surface area contributed by atoms with E-state index in [0.29, 0.717) is 18.0 Å². The molecule has 12 heavy (non-hydrogen) atoms. The van der Waals surface area contributed by atoms with Gasteiger partial charge in [0, 0.05) is 12.5 Å². The second-order valence-corrected chi connectivity index (χ2v) is 2.34. The van der Waals surface area contributed by atoms with Gasteiger partial charge in [0.1, 0.15) is 5.69 Å². The van der Waals surface area contributed by atoms with Gasteiger partial charge in [-0.25, -0.2) is 4.98 Å². The molecule has 0 N–H and O–H groups in total. The molecule has 0 spiro atoms. The molecular formula is C9H11NO2. The molecule has 1 aromatic heterocycles. The van der Waals surface area contributed by atoms with Crippen molar-refractivity contribution in [3.05, 3.63) is 23.9 Å². The van der Waals surface area contributed by atoms with Crippen molar-refractivity contribution in [3.63, 3.8) is 0 Å². The van der Waals surface area contributed by atoms with Crippen molar-refractivity contribution in [2.24, 2.45) is 0 Å². The highest BCUT2D eigenvalue weighted by Gasteiger charge is 2.04. The Morgan fingerprint density at radius 1 is 1.58 bits per heavy atom. The fourth-order valence-corrected chi connectivity index (χ4v) is 0.865. The third kappa shape index (κ3) is 1.81. The van der Waals surface area contributed by atoms with Crippen LogP contribution in [0.15, 0.2) is 18.2 Å². The number of carbonyl (C=O) groups is 1. The Balaban J connectivity index is 2.93. The van der Waals surface area contributed by atoms with E-state index in [4.69, 9.17) is 4.74 Å². The molecule has 0 unspecified atom stereocenters. The van der Waals surface area contributed by atoms with Crippen molar-refractivity contribution < 1.29 is 9.53 Å². The molecule has 3 nitrogen and oxygen atoms in total. The van der Waals surface area contributed by atoms with Crippen LogP contribution in [0.1, 0.15) is 23.8 Å². The van der Waals surface area contributed by atoms with Crippen molar-refractivity contribution in [1.82, 2.24) is 4.98 Å². The Labute approximate surface area is 71.4 Å². The zero-order valence-corrected chi connectivity index (χ0v) is 7.20. The first-order valence-corrected chi connectivity index (χ1v) is 3.82. The zero-order valence-electron chi connectivity index (χ0n) is 7.20. The predicted octanol–water partition coefficient (Wildman–Crippen LogP) is 1.68. The van der Waals surface area contributed by atoms with Gasteiger partial charge in [0.05, 0.1) is 7.11 Å². The number of carbonyl (C=O) groups excluding carboxylic acids is 1. The quantitative estimate of drug-likeness (QED) is 0.640. The molecule has 3 heteroatoms. The predicted molar refractivity (Wildman–Crippen MR) is 45.4 cm³/mol. The van der Waals surface area contributed by atoms with Crippen LogP contribution in [0.3, 0.4) is 0 Å². The fourth-order valence-electron chi connectivity index (χ4n) is 0.865. The van der Waals surface area contributed by atoms with Crippen molar-refractivity contribution in [2.45, 2.75) is 13.3 Å². The number of hydrogen-bond acceptors (Lipinski definition) is 3. The van der Waals surface area contributed by atoms with Gasteiger partial charge in [-0.3, -0.25) is 4.79 Å². The van der Waals surface area contributed by atoms with Crippen LogP contribution in [0.25, 0.3) is 0 Å². The average molecular weight is 165 g/mol. The normalized spacial score (nSPS) is 9.50. The van der Waals surface area contributed by atoms with Crippen molar-refractivity contribution >= 4 is 5.78 Å². The molecule has 1 heterocycles. The molecule has 0 radical (unpaired) electrons. The van der Waals surface area contributed by atoms with Gasteiger partial charge in [-0.05, 0) is 6.07 Å². The number of pyridine rings is 1. The van der Waals surface area contributed by atoms with E-state index in [1.807, 2.05) is 6.92 Å². The molecule has 0 aliphatic carbocycles. The topological polar surface area (TPSA) is 39.2 Å².